The number of hydrogen-bond donors (Lipinski definition) is 1. The number of carbonyl (C=O) groups is 2. The second-order valence-corrected chi connectivity index (χ2v) is 11.1. The molecule has 0 aromatic heterocycles. The van der Waals surface area contributed by atoms with E-state index in [0.717, 1.165) is 16.3 Å². The molecule has 7 nitrogen and oxygen atoms in total. The van der Waals surface area contributed by atoms with Crippen LogP contribution >= 0.6 is 11.6 Å². The number of benzene rings is 3. The van der Waals surface area contributed by atoms with E-state index < -0.39 is 28.5 Å². The van der Waals surface area contributed by atoms with E-state index in [1.54, 1.807) is 37.3 Å². The monoisotopic (exact) mass is 541 g/mol. The van der Waals surface area contributed by atoms with Crippen LogP contribution in [0.4, 0.5) is 5.69 Å². The van der Waals surface area contributed by atoms with Gasteiger partial charge in [-0.15, -0.1) is 0 Å². The van der Waals surface area contributed by atoms with Gasteiger partial charge in [-0.05, 0) is 62.2 Å². The number of hydrogen-bond acceptors (Lipinski definition) is 4. The first kappa shape index (κ1) is 28.2. The molecule has 0 saturated carbocycles. The van der Waals surface area contributed by atoms with E-state index in [2.05, 4.69) is 5.32 Å². The highest BCUT2D eigenvalue weighted by Gasteiger charge is 2.32. The Kier molecular flexibility index (Phi) is 9.72. The minimum absolute atomic E-state index is 0.00530. The standard InChI is InChI=1S/C28H32ClN3O4S/c1-4-21(2)30-28(34)22(3)31(19-23-11-7-5-8-12-23)27(33)20-32(25-13-9-6-10-14-25)37(35,36)26-17-15-24(29)16-18-26/h5-18,21-22H,4,19-20H2,1-3H3,(H,30,34)/t21-,22+/m1/s1. The van der Waals surface area contributed by atoms with Gasteiger partial charge >= 0.3 is 0 Å². The summed E-state index contributed by atoms with van der Waals surface area (Å²) in [6.45, 7) is 5.17. The van der Waals surface area contributed by atoms with E-state index in [1.807, 2.05) is 44.2 Å². The van der Waals surface area contributed by atoms with Gasteiger partial charge in [0.2, 0.25) is 11.8 Å². The number of halogens is 1. The Bertz CT molecular complexity index is 1290. The number of sulfonamides is 1. The van der Waals surface area contributed by atoms with Crippen LogP contribution in [0.3, 0.4) is 0 Å². The molecule has 0 radical (unpaired) electrons. The van der Waals surface area contributed by atoms with Gasteiger partial charge in [0.05, 0.1) is 10.6 Å². The van der Waals surface area contributed by atoms with Crippen molar-refractivity contribution in [2.75, 3.05) is 10.8 Å². The van der Waals surface area contributed by atoms with Crippen LogP contribution in [0.5, 0.6) is 0 Å². The normalized spacial score (nSPS) is 12.9. The summed E-state index contributed by atoms with van der Waals surface area (Å²) in [6.07, 6.45) is 0.742. The molecule has 0 aliphatic rings. The number of amides is 2. The molecule has 196 valence electrons. The molecule has 1 N–H and O–H groups in total. The lowest BCUT2D eigenvalue weighted by molar-refractivity contribution is -0.139. The van der Waals surface area contributed by atoms with Crippen molar-refractivity contribution < 1.29 is 18.0 Å². The second kappa shape index (κ2) is 12.7. The van der Waals surface area contributed by atoms with Gasteiger partial charge < -0.3 is 10.2 Å². The third-order valence-electron chi connectivity index (χ3n) is 6.09. The van der Waals surface area contributed by atoms with Crippen LogP contribution in [0.1, 0.15) is 32.8 Å². The minimum Gasteiger partial charge on any atom is -0.352 e. The van der Waals surface area contributed by atoms with E-state index in [4.69, 9.17) is 11.6 Å². The smallest absolute Gasteiger partial charge is 0.264 e. The molecule has 37 heavy (non-hydrogen) atoms. The van der Waals surface area contributed by atoms with Crippen LogP contribution in [0.15, 0.2) is 89.8 Å². The fourth-order valence-corrected chi connectivity index (χ4v) is 5.23. The molecule has 3 aromatic carbocycles. The van der Waals surface area contributed by atoms with Crippen molar-refractivity contribution in [1.29, 1.82) is 0 Å². The summed E-state index contributed by atoms with van der Waals surface area (Å²) < 4.78 is 28.4. The Morgan fingerprint density at radius 3 is 2.03 bits per heavy atom. The van der Waals surface area contributed by atoms with Crippen molar-refractivity contribution in [1.82, 2.24) is 10.2 Å². The molecule has 0 bridgehead atoms. The predicted molar refractivity (Wildman–Crippen MR) is 147 cm³/mol. The van der Waals surface area contributed by atoms with E-state index >= 15 is 0 Å². The Hall–Kier alpha value is -3.36. The average Bonchev–Trinajstić information content (AvgIpc) is 2.91. The van der Waals surface area contributed by atoms with Gasteiger partial charge in [0.15, 0.2) is 0 Å². The zero-order valence-corrected chi connectivity index (χ0v) is 22.7. The molecule has 3 aromatic rings. The molecule has 9 heteroatoms. The summed E-state index contributed by atoms with van der Waals surface area (Å²) in [5.41, 5.74) is 1.16. The summed E-state index contributed by atoms with van der Waals surface area (Å²) in [5, 5.41) is 3.32. The lowest BCUT2D eigenvalue weighted by atomic mass is 10.1. The van der Waals surface area contributed by atoms with E-state index in [0.29, 0.717) is 10.7 Å². The highest BCUT2D eigenvalue weighted by atomic mass is 35.5. The van der Waals surface area contributed by atoms with Crippen LogP contribution in [-0.2, 0) is 26.2 Å². The predicted octanol–water partition coefficient (Wildman–Crippen LogP) is 4.87. The molecule has 2 atom stereocenters. The van der Waals surface area contributed by atoms with E-state index in [-0.39, 0.29) is 23.4 Å². The topological polar surface area (TPSA) is 86.8 Å². The molecule has 0 spiro atoms. The average molecular weight is 542 g/mol. The van der Waals surface area contributed by atoms with Gasteiger partial charge in [0.25, 0.3) is 10.0 Å². The quantitative estimate of drug-likeness (QED) is 0.375. The maximum Gasteiger partial charge on any atom is 0.264 e. The van der Waals surface area contributed by atoms with Crippen LogP contribution in [0.25, 0.3) is 0 Å². The summed E-state index contributed by atoms with van der Waals surface area (Å²) in [4.78, 5) is 28.2. The molecular formula is C28H32ClN3O4S. The van der Waals surface area contributed by atoms with Crippen LogP contribution in [0.2, 0.25) is 5.02 Å². The van der Waals surface area contributed by atoms with Gasteiger partial charge in [-0.2, -0.15) is 0 Å². The summed E-state index contributed by atoms with van der Waals surface area (Å²) in [7, 11) is -4.11. The lowest BCUT2D eigenvalue weighted by Crippen LogP contribution is -2.52. The van der Waals surface area contributed by atoms with Crippen molar-refractivity contribution in [2.45, 2.75) is 50.7 Å². The first-order chi connectivity index (χ1) is 17.6. The lowest BCUT2D eigenvalue weighted by Gasteiger charge is -2.32. The molecule has 0 aliphatic carbocycles. The van der Waals surface area contributed by atoms with Crippen molar-refractivity contribution in [3.8, 4) is 0 Å². The molecule has 0 heterocycles. The SMILES string of the molecule is CC[C@@H](C)NC(=O)[C@H](C)N(Cc1ccccc1)C(=O)CN(c1ccccc1)S(=O)(=O)c1ccc(Cl)cc1. The van der Waals surface area contributed by atoms with Gasteiger partial charge in [-0.25, -0.2) is 8.42 Å². The number of para-hydroxylation sites is 1. The Balaban J connectivity index is 1.98. The highest BCUT2D eigenvalue weighted by molar-refractivity contribution is 7.92. The number of rotatable bonds is 11. The second-order valence-electron chi connectivity index (χ2n) is 8.80. The van der Waals surface area contributed by atoms with Gasteiger partial charge in [0.1, 0.15) is 12.6 Å². The summed E-state index contributed by atoms with van der Waals surface area (Å²) >= 11 is 5.97. The third-order valence-corrected chi connectivity index (χ3v) is 8.13. The van der Waals surface area contributed by atoms with Gasteiger partial charge in [-0.1, -0.05) is 67.1 Å². The van der Waals surface area contributed by atoms with Crippen molar-refractivity contribution >= 4 is 39.1 Å². The van der Waals surface area contributed by atoms with Crippen molar-refractivity contribution in [3.05, 3.63) is 95.5 Å². The van der Waals surface area contributed by atoms with Crippen molar-refractivity contribution in [3.63, 3.8) is 0 Å². The fraction of sp³-hybridized carbons (Fsp3) is 0.286. The largest absolute Gasteiger partial charge is 0.352 e. The molecular weight excluding hydrogens is 510 g/mol. The zero-order valence-electron chi connectivity index (χ0n) is 21.2. The fourth-order valence-electron chi connectivity index (χ4n) is 3.69. The first-order valence-electron chi connectivity index (χ1n) is 12.1. The molecule has 0 unspecified atom stereocenters. The Labute approximate surface area is 224 Å². The first-order valence-corrected chi connectivity index (χ1v) is 13.9. The van der Waals surface area contributed by atoms with Crippen LogP contribution in [0, 0.1) is 0 Å². The van der Waals surface area contributed by atoms with Crippen LogP contribution in [-0.4, -0.2) is 43.8 Å². The number of anilines is 1. The maximum atomic E-state index is 13.8. The van der Waals surface area contributed by atoms with E-state index in [9.17, 15) is 18.0 Å². The number of nitrogens with one attached hydrogen (secondary N) is 1. The Morgan fingerprint density at radius 2 is 1.46 bits per heavy atom. The summed E-state index contributed by atoms with van der Waals surface area (Å²) in [6, 6.07) is 22.6. The molecule has 0 aliphatic heterocycles. The number of carbonyl (C=O) groups excluding carboxylic acids is 2. The third kappa shape index (κ3) is 7.33. The van der Waals surface area contributed by atoms with Gasteiger partial charge in [-0.3, -0.25) is 13.9 Å². The number of nitrogens with zero attached hydrogens (tertiary/aromatic N) is 2. The van der Waals surface area contributed by atoms with Gasteiger partial charge in [0, 0.05) is 17.6 Å². The summed E-state index contributed by atoms with van der Waals surface area (Å²) in [5.74, 6) is -0.803. The van der Waals surface area contributed by atoms with E-state index in [1.165, 1.54) is 29.2 Å². The Morgan fingerprint density at radius 1 is 0.892 bits per heavy atom. The minimum atomic E-state index is -4.11. The molecule has 0 saturated heterocycles. The zero-order chi connectivity index (χ0) is 27.0. The highest BCUT2D eigenvalue weighted by Crippen LogP contribution is 2.25. The van der Waals surface area contributed by atoms with Crippen molar-refractivity contribution in [2.24, 2.45) is 0 Å². The molecule has 3 rings (SSSR count). The molecule has 0 fully saturated rings. The molecule has 2 amide bonds. The van der Waals surface area contributed by atoms with Crippen LogP contribution < -0.4 is 9.62 Å². The maximum absolute atomic E-state index is 13.8.